The highest BCUT2D eigenvalue weighted by Crippen LogP contribution is 2.33. The van der Waals surface area contributed by atoms with Crippen molar-refractivity contribution in [2.24, 2.45) is 0 Å². The predicted octanol–water partition coefficient (Wildman–Crippen LogP) is 1.34. The number of halogens is 1. The van der Waals surface area contributed by atoms with Crippen molar-refractivity contribution in [1.82, 2.24) is 9.97 Å². The Morgan fingerprint density at radius 1 is 1.42 bits per heavy atom. The lowest BCUT2D eigenvalue weighted by atomic mass is 10.2. The van der Waals surface area contributed by atoms with Gasteiger partial charge in [-0.25, -0.2) is 8.42 Å². The number of hydrogen-bond donors (Lipinski definition) is 1. The van der Waals surface area contributed by atoms with Gasteiger partial charge >= 0.3 is 11.7 Å². The summed E-state index contributed by atoms with van der Waals surface area (Å²) in [5.41, 5.74) is -0.824. The lowest BCUT2D eigenvalue weighted by Gasteiger charge is -2.14. The van der Waals surface area contributed by atoms with E-state index in [0.29, 0.717) is 0 Å². The van der Waals surface area contributed by atoms with E-state index in [1.54, 1.807) is 0 Å². The van der Waals surface area contributed by atoms with Crippen LogP contribution in [0.3, 0.4) is 0 Å². The molecule has 0 unspecified atom stereocenters. The molecule has 1 saturated carbocycles. The van der Waals surface area contributed by atoms with E-state index in [9.17, 15) is 23.3 Å². The second-order valence-electron chi connectivity index (χ2n) is 5.21. The lowest BCUT2D eigenvalue weighted by Crippen LogP contribution is -2.22. The molecule has 1 fully saturated rings. The van der Waals surface area contributed by atoms with Crippen molar-refractivity contribution < 1.29 is 22.9 Å². The van der Waals surface area contributed by atoms with Crippen LogP contribution in [0.15, 0.2) is 5.03 Å². The Morgan fingerprint density at radius 3 is 2.58 bits per heavy atom. The number of anilines is 1. The minimum absolute atomic E-state index is 0.0640. The van der Waals surface area contributed by atoms with Crippen LogP contribution in [0.25, 0.3) is 0 Å². The largest absolute Gasteiger partial charge is 0.468 e. The zero-order valence-corrected chi connectivity index (χ0v) is 14.3. The van der Waals surface area contributed by atoms with Crippen LogP contribution < -0.4 is 5.32 Å². The molecule has 0 aliphatic heterocycles. The molecule has 0 saturated heterocycles. The molecule has 24 heavy (non-hydrogen) atoms. The van der Waals surface area contributed by atoms with Crippen molar-refractivity contribution in [1.29, 1.82) is 0 Å². The molecule has 10 nitrogen and oxygen atoms in total. The van der Waals surface area contributed by atoms with Gasteiger partial charge in [0.05, 0.1) is 12.0 Å². The average molecular weight is 379 g/mol. The number of rotatable bonds is 6. The number of hydrogen-bond acceptors (Lipinski definition) is 9. The summed E-state index contributed by atoms with van der Waals surface area (Å²) >= 11 is 5.72. The molecular weight excluding hydrogens is 364 g/mol. The number of nitrogens with one attached hydrogen (secondary N) is 1. The molecule has 12 heteroatoms. The van der Waals surface area contributed by atoms with Crippen molar-refractivity contribution in [3.8, 4) is 0 Å². The summed E-state index contributed by atoms with van der Waals surface area (Å²) < 4.78 is 28.9. The average Bonchev–Trinajstić information content (AvgIpc) is 2.98. The first-order chi connectivity index (χ1) is 11.2. The first kappa shape index (κ1) is 18.3. The molecule has 0 spiro atoms. The van der Waals surface area contributed by atoms with Gasteiger partial charge in [0.2, 0.25) is 26.0 Å². The molecule has 1 aliphatic carbocycles. The fourth-order valence-corrected chi connectivity index (χ4v) is 3.91. The summed E-state index contributed by atoms with van der Waals surface area (Å²) in [6.07, 6.45) is 3.47. The van der Waals surface area contributed by atoms with Crippen molar-refractivity contribution in [3.63, 3.8) is 0 Å². The quantitative estimate of drug-likeness (QED) is 0.255. The minimum atomic E-state index is -4.42. The van der Waals surface area contributed by atoms with Gasteiger partial charge in [0.1, 0.15) is 0 Å². The van der Waals surface area contributed by atoms with Crippen LogP contribution in [0.1, 0.15) is 25.7 Å². The van der Waals surface area contributed by atoms with Gasteiger partial charge in [-0.15, -0.1) is 0 Å². The maximum atomic E-state index is 12.3. The second kappa shape index (κ2) is 7.26. The smallest absolute Gasteiger partial charge is 0.348 e. The van der Waals surface area contributed by atoms with Gasteiger partial charge in [-0.05, 0) is 24.4 Å². The molecule has 0 radical (unpaired) electrons. The summed E-state index contributed by atoms with van der Waals surface area (Å²) in [6.45, 7) is 0. The summed E-state index contributed by atoms with van der Waals surface area (Å²) in [6, 6.07) is -0.0640. The van der Waals surface area contributed by atoms with E-state index in [2.05, 4.69) is 20.0 Å². The Hall–Kier alpha value is -2.01. The van der Waals surface area contributed by atoms with Gasteiger partial charge in [0, 0.05) is 6.04 Å². The summed E-state index contributed by atoms with van der Waals surface area (Å²) in [5.74, 6) is -2.42. The zero-order valence-electron chi connectivity index (χ0n) is 12.7. The van der Waals surface area contributed by atoms with E-state index in [0.717, 1.165) is 32.8 Å². The van der Waals surface area contributed by atoms with Gasteiger partial charge in [-0.2, -0.15) is 9.97 Å². The molecule has 1 heterocycles. The molecule has 1 N–H and O–H groups in total. The molecule has 132 valence electrons. The fraction of sp³-hybridized carbons (Fsp3) is 0.583. The third-order valence-electron chi connectivity index (χ3n) is 3.53. The van der Waals surface area contributed by atoms with Crippen LogP contribution >= 0.6 is 11.6 Å². The molecular formula is C12H15ClN4O6S. The van der Waals surface area contributed by atoms with E-state index in [1.165, 1.54) is 0 Å². The number of carbonyl (C=O) groups excluding carboxylic acids is 1. The Kier molecular flexibility index (Phi) is 5.54. The van der Waals surface area contributed by atoms with Crippen LogP contribution in [-0.2, 0) is 19.4 Å². The molecule has 0 atom stereocenters. The number of methoxy groups -OCH3 is 1. The third kappa shape index (κ3) is 4.09. The van der Waals surface area contributed by atoms with Gasteiger partial charge in [-0.3, -0.25) is 14.9 Å². The minimum Gasteiger partial charge on any atom is -0.468 e. The van der Waals surface area contributed by atoms with Gasteiger partial charge < -0.3 is 10.1 Å². The van der Waals surface area contributed by atoms with E-state index in [-0.39, 0.29) is 11.9 Å². The Morgan fingerprint density at radius 2 is 2.04 bits per heavy atom. The van der Waals surface area contributed by atoms with Crippen LogP contribution in [0.4, 0.5) is 11.5 Å². The number of aromatic nitrogens is 2. The maximum absolute atomic E-state index is 12.3. The van der Waals surface area contributed by atoms with Crippen molar-refractivity contribution in [2.45, 2.75) is 36.8 Å². The van der Waals surface area contributed by atoms with E-state index < -0.39 is 42.5 Å². The van der Waals surface area contributed by atoms with Gasteiger partial charge in [0.25, 0.3) is 0 Å². The van der Waals surface area contributed by atoms with Crippen molar-refractivity contribution in [3.05, 3.63) is 15.4 Å². The Bertz CT molecular complexity index is 763. The molecule has 1 aliphatic rings. The summed E-state index contributed by atoms with van der Waals surface area (Å²) in [5, 5.41) is 12.9. The molecule has 1 aromatic rings. The van der Waals surface area contributed by atoms with Crippen LogP contribution in [0.2, 0.25) is 5.28 Å². The molecule has 2 rings (SSSR count). The van der Waals surface area contributed by atoms with E-state index >= 15 is 0 Å². The number of nitro groups is 1. The first-order valence-electron chi connectivity index (χ1n) is 7.02. The van der Waals surface area contributed by atoms with Crippen LogP contribution in [0, 0.1) is 10.1 Å². The van der Waals surface area contributed by atoms with Gasteiger partial charge in [-0.1, -0.05) is 12.8 Å². The highest BCUT2D eigenvalue weighted by molar-refractivity contribution is 7.92. The number of esters is 1. The number of sulfone groups is 1. The molecule has 1 aromatic heterocycles. The lowest BCUT2D eigenvalue weighted by molar-refractivity contribution is -0.387. The number of ether oxygens (including phenoxy) is 1. The summed E-state index contributed by atoms with van der Waals surface area (Å²) in [4.78, 5) is 29.0. The zero-order chi connectivity index (χ0) is 17.9. The summed E-state index contributed by atoms with van der Waals surface area (Å²) in [7, 11) is -3.41. The topological polar surface area (TPSA) is 141 Å². The monoisotopic (exact) mass is 378 g/mol. The molecule has 0 bridgehead atoms. The van der Waals surface area contributed by atoms with E-state index in [1.807, 2.05) is 0 Å². The second-order valence-corrected chi connectivity index (χ2v) is 7.46. The van der Waals surface area contributed by atoms with Gasteiger partial charge in [0.15, 0.2) is 5.75 Å². The Balaban J connectivity index is 2.52. The predicted molar refractivity (Wildman–Crippen MR) is 83.6 cm³/mol. The highest BCUT2D eigenvalue weighted by Gasteiger charge is 2.36. The maximum Gasteiger partial charge on any atom is 0.348 e. The SMILES string of the molecule is COC(=O)CS(=O)(=O)c1nc(Cl)nc(NC2CCCC2)c1[N+](=O)[O-]. The highest BCUT2D eigenvalue weighted by atomic mass is 35.5. The molecule has 0 amide bonds. The number of carbonyl (C=O) groups is 1. The fourth-order valence-electron chi connectivity index (χ4n) is 2.44. The van der Waals surface area contributed by atoms with Crippen LogP contribution in [-0.4, -0.2) is 48.2 Å². The van der Waals surface area contributed by atoms with Crippen molar-refractivity contribution in [2.75, 3.05) is 18.2 Å². The number of nitrogens with zero attached hydrogens (tertiary/aromatic N) is 3. The third-order valence-corrected chi connectivity index (χ3v) is 5.19. The van der Waals surface area contributed by atoms with Crippen LogP contribution in [0.5, 0.6) is 0 Å². The Labute approximate surface area is 142 Å². The molecule has 0 aromatic carbocycles. The van der Waals surface area contributed by atoms with E-state index in [4.69, 9.17) is 11.6 Å². The standard InChI is InChI=1S/C12H15ClN4O6S/c1-23-8(18)6-24(21,22)11-9(17(19)20)10(15-12(13)16-11)14-7-4-2-3-5-7/h7H,2-6H2,1H3,(H,14,15,16). The van der Waals surface area contributed by atoms with Crippen molar-refractivity contribution >= 4 is 38.9 Å². The first-order valence-corrected chi connectivity index (χ1v) is 9.05. The normalized spacial score (nSPS) is 15.2.